The van der Waals surface area contributed by atoms with Crippen molar-refractivity contribution < 1.29 is 9.26 Å². The summed E-state index contributed by atoms with van der Waals surface area (Å²) in [6.45, 7) is 5.30. The molecule has 1 aromatic carbocycles. The first-order valence-corrected chi connectivity index (χ1v) is 9.03. The van der Waals surface area contributed by atoms with Gasteiger partial charge in [-0.05, 0) is 38.1 Å². The van der Waals surface area contributed by atoms with Gasteiger partial charge in [0.1, 0.15) is 29.0 Å². The second-order valence-corrected chi connectivity index (χ2v) is 6.44. The molecule has 3 heterocycles. The van der Waals surface area contributed by atoms with Crippen LogP contribution in [-0.4, -0.2) is 52.8 Å². The molecule has 4 rings (SSSR count). The number of ether oxygens (including phenoxy) is 1. The zero-order valence-electron chi connectivity index (χ0n) is 15.1. The standard InChI is InChI=1S/C19H23N5O2/c1-3-24-10-6-7-13(24)11-20-18-16-17(23-26-19(16)22-12-21-18)14-8-4-5-9-15(14)25-2/h4-5,8-9,12-13H,3,6-7,10-11H2,1-2H3,(H,20,21,22). The number of aromatic nitrogens is 3. The fourth-order valence-corrected chi connectivity index (χ4v) is 3.70. The molecule has 0 bridgehead atoms. The van der Waals surface area contributed by atoms with Crippen LogP contribution in [0, 0.1) is 0 Å². The molecule has 1 aliphatic rings. The van der Waals surface area contributed by atoms with Gasteiger partial charge in [-0.1, -0.05) is 24.2 Å². The van der Waals surface area contributed by atoms with Crippen LogP contribution in [0.25, 0.3) is 22.4 Å². The predicted octanol–water partition coefficient (Wildman–Crippen LogP) is 3.19. The van der Waals surface area contributed by atoms with Gasteiger partial charge in [-0.3, -0.25) is 4.90 Å². The number of nitrogens with zero attached hydrogens (tertiary/aromatic N) is 4. The smallest absolute Gasteiger partial charge is 0.263 e. The summed E-state index contributed by atoms with van der Waals surface area (Å²) in [6.07, 6.45) is 3.96. The summed E-state index contributed by atoms with van der Waals surface area (Å²) in [4.78, 5) is 11.2. The first-order valence-electron chi connectivity index (χ1n) is 9.03. The Labute approximate surface area is 152 Å². The Morgan fingerprint density at radius 1 is 1.31 bits per heavy atom. The van der Waals surface area contributed by atoms with Crippen LogP contribution in [0.5, 0.6) is 5.75 Å². The number of para-hydroxylation sites is 1. The average Bonchev–Trinajstić information content (AvgIpc) is 3.33. The van der Waals surface area contributed by atoms with E-state index in [0.717, 1.165) is 35.6 Å². The number of benzene rings is 1. The van der Waals surface area contributed by atoms with Gasteiger partial charge in [-0.2, -0.15) is 4.98 Å². The minimum absolute atomic E-state index is 0.474. The molecule has 1 N–H and O–H groups in total. The van der Waals surface area contributed by atoms with E-state index in [9.17, 15) is 0 Å². The molecule has 0 saturated carbocycles. The van der Waals surface area contributed by atoms with Crippen LogP contribution in [0.15, 0.2) is 35.1 Å². The lowest BCUT2D eigenvalue weighted by Gasteiger charge is -2.23. The molecule has 1 fully saturated rings. The Hall–Kier alpha value is -2.67. The summed E-state index contributed by atoms with van der Waals surface area (Å²) >= 11 is 0. The van der Waals surface area contributed by atoms with Crippen molar-refractivity contribution in [2.45, 2.75) is 25.8 Å². The zero-order valence-corrected chi connectivity index (χ0v) is 15.1. The number of anilines is 1. The lowest BCUT2D eigenvalue weighted by Crippen LogP contribution is -2.34. The first kappa shape index (κ1) is 16.8. The summed E-state index contributed by atoms with van der Waals surface area (Å²) in [6, 6.07) is 8.28. The number of likely N-dealkylation sites (tertiary alicyclic amines) is 1. The summed E-state index contributed by atoms with van der Waals surface area (Å²) < 4.78 is 10.9. The second-order valence-electron chi connectivity index (χ2n) is 6.44. The van der Waals surface area contributed by atoms with Gasteiger partial charge in [0.2, 0.25) is 0 Å². The van der Waals surface area contributed by atoms with Crippen molar-refractivity contribution in [2.75, 3.05) is 32.1 Å². The first-order chi connectivity index (χ1) is 12.8. The second kappa shape index (κ2) is 7.29. The van der Waals surface area contributed by atoms with Crippen molar-refractivity contribution in [3.8, 4) is 17.0 Å². The van der Waals surface area contributed by atoms with Crippen molar-refractivity contribution in [3.63, 3.8) is 0 Å². The predicted molar refractivity (Wildman–Crippen MR) is 100 cm³/mol. The lowest BCUT2D eigenvalue weighted by atomic mass is 10.1. The van der Waals surface area contributed by atoms with Crippen LogP contribution < -0.4 is 10.1 Å². The van der Waals surface area contributed by atoms with E-state index in [-0.39, 0.29) is 0 Å². The number of nitrogens with one attached hydrogen (secondary N) is 1. The molecule has 7 nitrogen and oxygen atoms in total. The van der Waals surface area contributed by atoms with Crippen LogP contribution in [0.2, 0.25) is 0 Å². The lowest BCUT2D eigenvalue weighted by molar-refractivity contribution is 0.277. The maximum atomic E-state index is 5.48. The van der Waals surface area contributed by atoms with E-state index < -0.39 is 0 Å². The van der Waals surface area contributed by atoms with Crippen molar-refractivity contribution in [1.82, 2.24) is 20.0 Å². The van der Waals surface area contributed by atoms with Gasteiger partial charge in [-0.15, -0.1) is 0 Å². The third kappa shape index (κ3) is 2.99. The van der Waals surface area contributed by atoms with Crippen LogP contribution in [0.3, 0.4) is 0 Å². The molecule has 0 spiro atoms. The molecule has 1 unspecified atom stereocenters. The summed E-state index contributed by atoms with van der Waals surface area (Å²) in [5.74, 6) is 1.49. The van der Waals surface area contributed by atoms with E-state index in [1.165, 1.54) is 25.7 Å². The van der Waals surface area contributed by atoms with Gasteiger partial charge in [0.15, 0.2) is 0 Å². The Kier molecular flexibility index (Phi) is 4.71. The molecular formula is C19H23N5O2. The summed E-state index contributed by atoms with van der Waals surface area (Å²) in [5.41, 5.74) is 2.03. The van der Waals surface area contributed by atoms with E-state index in [0.29, 0.717) is 17.4 Å². The number of likely N-dealkylation sites (N-methyl/N-ethyl adjacent to an activating group) is 1. The SMILES string of the molecule is CCN1CCCC1CNc1ncnc2onc(-c3ccccc3OC)c12. The Bertz CT molecular complexity index is 895. The van der Waals surface area contributed by atoms with Gasteiger partial charge in [0.05, 0.1) is 7.11 Å². The van der Waals surface area contributed by atoms with Crippen molar-refractivity contribution in [1.29, 1.82) is 0 Å². The van der Waals surface area contributed by atoms with Gasteiger partial charge in [-0.25, -0.2) is 4.98 Å². The van der Waals surface area contributed by atoms with Gasteiger partial charge in [0.25, 0.3) is 5.71 Å². The molecule has 26 heavy (non-hydrogen) atoms. The number of methoxy groups -OCH3 is 1. The fraction of sp³-hybridized carbons (Fsp3) is 0.421. The molecule has 0 radical (unpaired) electrons. The molecule has 0 aliphatic carbocycles. The third-order valence-corrected chi connectivity index (χ3v) is 5.05. The van der Waals surface area contributed by atoms with Gasteiger partial charge in [0, 0.05) is 18.2 Å². The van der Waals surface area contributed by atoms with Crippen LogP contribution in [0.1, 0.15) is 19.8 Å². The average molecular weight is 353 g/mol. The number of fused-ring (bicyclic) bond motifs is 1. The number of rotatable bonds is 6. The fourth-order valence-electron chi connectivity index (χ4n) is 3.70. The Morgan fingerprint density at radius 2 is 2.19 bits per heavy atom. The minimum Gasteiger partial charge on any atom is -0.496 e. The molecule has 1 saturated heterocycles. The highest BCUT2D eigenvalue weighted by atomic mass is 16.5. The molecule has 3 aromatic rings. The van der Waals surface area contributed by atoms with Crippen molar-refractivity contribution >= 4 is 16.9 Å². The maximum absolute atomic E-state index is 5.48. The van der Waals surface area contributed by atoms with Gasteiger partial charge >= 0.3 is 0 Å². The van der Waals surface area contributed by atoms with Crippen LogP contribution in [0.4, 0.5) is 5.82 Å². The van der Waals surface area contributed by atoms with E-state index in [2.05, 4.69) is 32.3 Å². The molecule has 2 aromatic heterocycles. The largest absolute Gasteiger partial charge is 0.496 e. The quantitative estimate of drug-likeness (QED) is 0.729. The molecule has 0 amide bonds. The summed E-state index contributed by atoms with van der Waals surface area (Å²) in [7, 11) is 1.65. The maximum Gasteiger partial charge on any atom is 0.263 e. The van der Waals surface area contributed by atoms with Crippen LogP contribution in [-0.2, 0) is 0 Å². The van der Waals surface area contributed by atoms with E-state index in [1.807, 2.05) is 24.3 Å². The van der Waals surface area contributed by atoms with Crippen LogP contribution >= 0.6 is 0 Å². The molecule has 7 heteroatoms. The number of hydrogen-bond acceptors (Lipinski definition) is 7. The summed E-state index contributed by atoms with van der Waals surface area (Å²) in [5, 5.41) is 8.52. The molecule has 1 atom stereocenters. The van der Waals surface area contributed by atoms with Gasteiger partial charge < -0.3 is 14.6 Å². The van der Waals surface area contributed by atoms with E-state index in [4.69, 9.17) is 9.26 Å². The third-order valence-electron chi connectivity index (χ3n) is 5.05. The van der Waals surface area contributed by atoms with Crippen molar-refractivity contribution in [3.05, 3.63) is 30.6 Å². The highest BCUT2D eigenvalue weighted by Gasteiger charge is 2.24. The minimum atomic E-state index is 0.474. The Balaban J connectivity index is 1.69. The topological polar surface area (TPSA) is 76.3 Å². The highest BCUT2D eigenvalue weighted by Crippen LogP contribution is 2.36. The zero-order chi connectivity index (χ0) is 17.9. The molecular weight excluding hydrogens is 330 g/mol. The number of hydrogen-bond donors (Lipinski definition) is 1. The highest BCUT2D eigenvalue weighted by molar-refractivity contribution is 5.98. The normalized spacial score (nSPS) is 17.7. The van der Waals surface area contributed by atoms with Crippen molar-refractivity contribution in [2.24, 2.45) is 0 Å². The van der Waals surface area contributed by atoms with E-state index >= 15 is 0 Å². The molecule has 1 aliphatic heterocycles. The van der Waals surface area contributed by atoms with E-state index in [1.54, 1.807) is 7.11 Å². The Morgan fingerprint density at radius 3 is 3.04 bits per heavy atom. The monoisotopic (exact) mass is 353 g/mol. The molecule has 136 valence electrons.